The fourth-order valence-electron chi connectivity index (χ4n) is 7.98. The van der Waals surface area contributed by atoms with Crippen LogP contribution in [0.1, 0.15) is 37.2 Å². The molecule has 2 atom stereocenters. The molecule has 7 nitrogen and oxygen atoms in total. The summed E-state index contributed by atoms with van der Waals surface area (Å²) < 4.78 is 16.4. The zero-order valence-corrected chi connectivity index (χ0v) is 33.8. The number of benzene rings is 6. The summed E-state index contributed by atoms with van der Waals surface area (Å²) in [5.74, 6) is 0. The minimum Gasteiger partial charge on any atom is -0.426 e. The Bertz CT molecular complexity index is 2760. The van der Waals surface area contributed by atoms with Crippen LogP contribution in [0.5, 0.6) is 0 Å². The van der Waals surface area contributed by atoms with Crippen LogP contribution in [-0.4, -0.2) is 26.1 Å². The second kappa shape index (κ2) is 11.9. The van der Waals surface area contributed by atoms with Gasteiger partial charge in [0.25, 0.3) is 0 Å². The molecule has 0 aliphatic heterocycles. The van der Waals surface area contributed by atoms with Crippen molar-refractivity contribution in [2.45, 2.75) is 26.1 Å². The summed E-state index contributed by atoms with van der Waals surface area (Å²) in [7, 11) is 0. The molecule has 0 amide bonds. The molecule has 0 bridgehead atoms. The van der Waals surface area contributed by atoms with E-state index in [1.54, 1.807) is 0 Å². The number of H-pyrrole nitrogens is 4. The lowest BCUT2D eigenvalue weighted by Crippen LogP contribution is -2.14. The van der Waals surface area contributed by atoms with Crippen LogP contribution in [0.25, 0.3) is 87.2 Å². The number of nitrogens with one attached hydrogen (secondary N) is 4. The van der Waals surface area contributed by atoms with Gasteiger partial charge >= 0.3 is 6.16 Å². The minimum atomic E-state index is -0.759. The standard InChI is InChI=1S/C41H26Br4N4O3/c1-17(35-37-27(23-11-19(42)3-7-31(23)46-37)15-28-24-12-20(43)4-8-32(24)47-38(28)35)51-41(50)52-18(2)36-39-29(25-13-21(44)5-9-33(25)48-39)16-30-26-14-22(45)6-10-34(26)49-40(30)36/h3-18,46-49H,1-2H3. The van der Waals surface area contributed by atoms with Gasteiger partial charge in [-0.3, -0.25) is 0 Å². The molecule has 0 aliphatic carbocycles. The monoisotopic (exact) mass is 938 g/mol. The largest absolute Gasteiger partial charge is 0.509 e. The number of halogens is 4. The average molecular weight is 942 g/mol. The van der Waals surface area contributed by atoms with Crippen molar-refractivity contribution in [3.8, 4) is 0 Å². The van der Waals surface area contributed by atoms with Gasteiger partial charge in [-0.15, -0.1) is 0 Å². The van der Waals surface area contributed by atoms with Gasteiger partial charge in [-0.2, -0.15) is 0 Å². The van der Waals surface area contributed by atoms with E-state index in [0.29, 0.717) is 0 Å². The van der Waals surface area contributed by atoms with Crippen molar-refractivity contribution in [1.82, 2.24) is 19.9 Å². The molecule has 4 N–H and O–H groups in total. The molecular formula is C41H26Br4N4O3. The van der Waals surface area contributed by atoms with Crippen LogP contribution < -0.4 is 0 Å². The topological polar surface area (TPSA) is 98.7 Å². The van der Waals surface area contributed by atoms with Crippen molar-refractivity contribution in [1.29, 1.82) is 0 Å². The predicted octanol–water partition coefficient (Wildman–Crippen LogP) is 14.2. The van der Waals surface area contributed by atoms with Gasteiger partial charge in [0.2, 0.25) is 0 Å². The second-order valence-corrected chi connectivity index (χ2v) is 17.0. The lowest BCUT2D eigenvalue weighted by molar-refractivity contribution is 0.00751. The Morgan fingerprint density at radius 1 is 0.442 bits per heavy atom. The number of fused-ring (bicyclic) bond motifs is 12. The van der Waals surface area contributed by atoms with Gasteiger partial charge < -0.3 is 29.4 Å². The molecule has 0 saturated heterocycles. The van der Waals surface area contributed by atoms with Crippen LogP contribution in [0.4, 0.5) is 4.79 Å². The van der Waals surface area contributed by atoms with Crippen molar-refractivity contribution in [3.63, 3.8) is 0 Å². The van der Waals surface area contributed by atoms with Gasteiger partial charge in [-0.05, 0) is 98.8 Å². The third-order valence-electron chi connectivity index (χ3n) is 10.2. The number of aromatic nitrogens is 4. The molecular weight excluding hydrogens is 916 g/mol. The molecule has 256 valence electrons. The summed E-state index contributed by atoms with van der Waals surface area (Å²) in [5.41, 5.74) is 9.29. The van der Waals surface area contributed by atoms with E-state index in [9.17, 15) is 4.79 Å². The van der Waals surface area contributed by atoms with E-state index < -0.39 is 18.4 Å². The number of carbonyl (C=O) groups is 1. The number of carbonyl (C=O) groups excluding carboxylic acids is 1. The van der Waals surface area contributed by atoms with Gasteiger partial charge in [0.1, 0.15) is 12.2 Å². The van der Waals surface area contributed by atoms with Crippen LogP contribution in [0.2, 0.25) is 0 Å². The van der Waals surface area contributed by atoms with Crippen LogP contribution in [-0.2, 0) is 9.47 Å². The Kier molecular flexibility index (Phi) is 7.38. The smallest absolute Gasteiger partial charge is 0.426 e. The number of hydrogen-bond donors (Lipinski definition) is 4. The van der Waals surface area contributed by atoms with E-state index in [4.69, 9.17) is 9.47 Å². The lowest BCUT2D eigenvalue weighted by Gasteiger charge is -2.19. The molecule has 0 radical (unpaired) electrons. The van der Waals surface area contributed by atoms with Gasteiger partial charge in [0, 0.05) is 94.2 Å². The minimum absolute atomic E-state index is 0.662. The molecule has 0 spiro atoms. The Balaban J connectivity index is 1.09. The molecule has 2 unspecified atom stereocenters. The molecule has 10 aromatic rings. The second-order valence-electron chi connectivity index (χ2n) is 13.3. The number of ether oxygens (including phenoxy) is 2. The van der Waals surface area contributed by atoms with E-state index in [0.717, 1.165) is 116 Å². The Morgan fingerprint density at radius 3 is 0.981 bits per heavy atom. The van der Waals surface area contributed by atoms with Crippen LogP contribution in [0.3, 0.4) is 0 Å². The first-order chi connectivity index (χ1) is 25.1. The maximum absolute atomic E-state index is 13.9. The first kappa shape index (κ1) is 32.4. The summed E-state index contributed by atoms with van der Waals surface area (Å²) in [6, 6.07) is 29.2. The van der Waals surface area contributed by atoms with Crippen LogP contribution in [0, 0.1) is 0 Å². The Hall–Kier alpha value is -4.29. The van der Waals surface area contributed by atoms with Crippen molar-refractivity contribution >= 4 is 157 Å². The van der Waals surface area contributed by atoms with Crippen LogP contribution in [0.15, 0.2) is 103 Å². The highest BCUT2D eigenvalue weighted by Gasteiger charge is 2.27. The summed E-state index contributed by atoms with van der Waals surface area (Å²) in [5, 5.41) is 8.48. The Labute approximate surface area is 328 Å². The van der Waals surface area contributed by atoms with Crippen molar-refractivity contribution in [2.24, 2.45) is 0 Å². The van der Waals surface area contributed by atoms with Crippen LogP contribution >= 0.6 is 63.7 Å². The highest BCUT2D eigenvalue weighted by atomic mass is 79.9. The molecule has 4 aromatic heterocycles. The summed E-state index contributed by atoms with van der Waals surface area (Å²) in [6.07, 6.45) is -2.08. The van der Waals surface area contributed by atoms with E-state index in [1.807, 2.05) is 38.1 Å². The first-order valence-corrected chi connectivity index (χ1v) is 19.9. The number of aromatic amines is 4. The number of rotatable bonds is 4. The molecule has 4 heterocycles. The molecule has 10 rings (SSSR count). The zero-order valence-electron chi connectivity index (χ0n) is 27.5. The molecule has 11 heteroatoms. The van der Waals surface area contributed by atoms with Gasteiger partial charge in [-0.25, -0.2) is 4.79 Å². The quantitative estimate of drug-likeness (QED) is 0.132. The normalized spacial score (nSPS) is 13.5. The molecule has 0 aliphatic rings. The van der Waals surface area contributed by atoms with Crippen molar-refractivity contribution in [3.05, 3.63) is 114 Å². The fraction of sp³-hybridized carbons (Fsp3) is 0.0976. The highest BCUT2D eigenvalue weighted by Crippen LogP contribution is 2.43. The summed E-state index contributed by atoms with van der Waals surface area (Å²) in [4.78, 5) is 28.4. The van der Waals surface area contributed by atoms with E-state index >= 15 is 0 Å². The zero-order chi connectivity index (χ0) is 35.6. The molecule has 6 aromatic carbocycles. The van der Waals surface area contributed by atoms with Gasteiger partial charge in [0.15, 0.2) is 0 Å². The fourth-order valence-corrected chi connectivity index (χ4v) is 9.42. The average Bonchev–Trinajstić information content (AvgIpc) is 3.86. The Morgan fingerprint density at radius 2 is 0.712 bits per heavy atom. The van der Waals surface area contributed by atoms with Gasteiger partial charge in [-0.1, -0.05) is 63.7 Å². The lowest BCUT2D eigenvalue weighted by atomic mass is 10.0. The summed E-state index contributed by atoms with van der Waals surface area (Å²) in [6.45, 7) is 3.79. The van der Waals surface area contributed by atoms with E-state index in [1.165, 1.54) is 0 Å². The van der Waals surface area contributed by atoms with E-state index in [2.05, 4.69) is 144 Å². The third-order valence-corrected chi connectivity index (χ3v) is 12.2. The third kappa shape index (κ3) is 4.96. The molecule has 0 fully saturated rings. The number of hydrogen-bond acceptors (Lipinski definition) is 3. The van der Waals surface area contributed by atoms with Crippen molar-refractivity contribution in [2.75, 3.05) is 0 Å². The molecule has 52 heavy (non-hydrogen) atoms. The SMILES string of the molecule is CC(OC(=O)OC(C)c1c2[nH]c3ccc(Br)cc3c2cc2c1[nH]c1ccc(Br)cc12)c1c2[nH]c3ccc(Br)cc3c2cc2c1[nH]c1ccc(Br)cc12. The molecule has 0 saturated carbocycles. The van der Waals surface area contributed by atoms with E-state index in [-0.39, 0.29) is 0 Å². The highest BCUT2D eigenvalue weighted by molar-refractivity contribution is 9.11. The predicted molar refractivity (Wildman–Crippen MR) is 226 cm³/mol. The maximum atomic E-state index is 13.9. The first-order valence-electron chi connectivity index (χ1n) is 16.7. The van der Waals surface area contributed by atoms with Gasteiger partial charge in [0.05, 0.1) is 22.1 Å². The summed E-state index contributed by atoms with van der Waals surface area (Å²) >= 11 is 14.6. The maximum Gasteiger partial charge on any atom is 0.509 e. The van der Waals surface area contributed by atoms with Crippen molar-refractivity contribution < 1.29 is 14.3 Å².